The Morgan fingerprint density at radius 3 is 3.05 bits per heavy atom. The molecule has 0 aliphatic carbocycles. The first-order valence-corrected chi connectivity index (χ1v) is 6.37. The van der Waals surface area contributed by atoms with Gasteiger partial charge >= 0.3 is 0 Å². The number of nitrogens with zero attached hydrogens (tertiary/aromatic N) is 4. The summed E-state index contributed by atoms with van der Waals surface area (Å²) in [4.78, 5) is 4.40. The van der Waals surface area contributed by atoms with E-state index >= 15 is 0 Å². The first-order valence-electron chi connectivity index (χ1n) is 6.37. The number of imidazole rings is 2. The Morgan fingerprint density at radius 2 is 2.05 bits per heavy atom. The number of aromatic nitrogens is 4. The highest BCUT2D eigenvalue weighted by Gasteiger charge is 2.30. The minimum Gasteiger partial charge on any atom is -0.262 e. The number of hydrogen-bond acceptors (Lipinski definition) is 1. The Kier molecular flexibility index (Phi) is 1.49. The van der Waals surface area contributed by atoms with Crippen LogP contribution in [-0.2, 0) is 6.54 Å². The van der Waals surface area contributed by atoms with Crippen molar-refractivity contribution in [3.63, 3.8) is 0 Å². The van der Waals surface area contributed by atoms with E-state index in [0.717, 1.165) is 17.8 Å². The Balaban J connectivity index is 1.97. The van der Waals surface area contributed by atoms with E-state index < -0.39 is 0 Å². The molecule has 4 nitrogen and oxygen atoms in total. The van der Waals surface area contributed by atoms with Crippen LogP contribution in [-0.4, -0.2) is 13.8 Å². The van der Waals surface area contributed by atoms with Crippen molar-refractivity contribution in [2.45, 2.75) is 6.54 Å². The van der Waals surface area contributed by atoms with Crippen LogP contribution in [0.2, 0.25) is 0 Å². The van der Waals surface area contributed by atoms with E-state index in [1.807, 2.05) is 12.3 Å². The molecule has 1 aliphatic heterocycles. The number of hydrogen-bond donors (Lipinski definition) is 0. The van der Waals surface area contributed by atoms with E-state index in [4.69, 9.17) is 0 Å². The van der Waals surface area contributed by atoms with Crippen molar-refractivity contribution < 1.29 is 4.57 Å². The minimum absolute atomic E-state index is 0.954. The van der Waals surface area contributed by atoms with Gasteiger partial charge < -0.3 is 0 Å². The molecular formula is C15H11N4+. The van der Waals surface area contributed by atoms with Crippen molar-refractivity contribution in [1.29, 1.82) is 0 Å². The summed E-state index contributed by atoms with van der Waals surface area (Å²) >= 11 is 0. The molecule has 0 N–H and O–H groups in total. The van der Waals surface area contributed by atoms with Crippen molar-refractivity contribution >= 4 is 11.3 Å². The van der Waals surface area contributed by atoms with Crippen molar-refractivity contribution in [2.24, 2.45) is 0 Å². The summed E-state index contributed by atoms with van der Waals surface area (Å²) in [5, 5.41) is 0. The third-order valence-corrected chi connectivity index (χ3v) is 3.88. The highest BCUT2D eigenvalue weighted by Crippen LogP contribution is 2.28. The summed E-state index contributed by atoms with van der Waals surface area (Å²) in [6.45, 7) is 0.954. The first kappa shape index (κ1) is 9.33. The molecule has 0 bridgehead atoms. The first-order chi connectivity index (χ1) is 9.42. The van der Waals surface area contributed by atoms with Crippen LogP contribution in [0.15, 0.2) is 55.1 Å². The summed E-state index contributed by atoms with van der Waals surface area (Å²) < 4.78 is 6.65. The smallest absolute Gasteiger partial charge is 0.262 e. The lowest BCUT2D eigenvalue weighted by atomic mass is 10.1. The molecule has 0 spiro atoms. The lowest BCUT2D eigenvalue weighted by Crippen LogP contribution is -2.29. The summed E-state index contributed by atoms with van der Waals surface area (Å²) in [5.41, 5.74) is 4.84. The Hall–Kier alpha value is -2.62. The van der Waals surface area contributed by atoms with Crippen molar-refractivity contribution in [1.82, 2.24) is 13.8 Å². The van der Waals surface area contributed by atoms with E-state index in [0.29, 0.717) is 0 Å². The zero-order valence-corrected chi connectivity index (χ0v) is 10.2. The Morgan fingerprint density at radius 1 is 1.11 bits per heavy atom. The Bertz CT molecular complexity index is 945. The van der Waals surface area contributed by atoms with E-state index in [9.17, 15) is 0 Å². The highest BCUT2D eigenvalue weighted by atomic mass is 15.2. The van der Waals surface area contributed by atoms with Crippen LogP contribution in [0.3, 0.4) is 0 Å². The van der Waals surface area contributed by atoms with E-state index in [1.165, 1.54) is 17.0 Å². The third-order valence-electron chi connectivity index (χ3n) is 3.88. The van der Waals surface area contributed by atoms with Crippen molar-refractivity contribution in [3.8, 4) is 11.4 Å². The molecule has 0 saturated heterocycles. The fraction of sp³-hybridized carbons (Fsp3) is 0.0667. The minimum atomic E-state index is 0.954. The van der Waals surface area contributed by atoms with Crippen molar-refractivity contribution in [2.75, 3.05) is 0 Å². The van der Waals surface area contributed by atoms with Gasteiger partial charge in [-0.05, 0) is 12.1 Å². The predicted octanol–water partition coefficient (Wildman–Crippen LogP) is 1.90. The highest BCUT2D eigenvalue weighted by molar-refractivity contribution is 5.66. The SMILES string of the molecule is c1ccc2c(c1)C[n+]1cc3n(cc4ncccn43)c1-2. The molecular weight excluding hydrogens is 236 g/mol. The molecule has 0 unspecified atom stereocenters. The zero-order chi connectivity index (χ0) is 12.4. The molecule has 0 fully saturated rings. The number of rotatable bonds is 0. The molecule has 4 heterocycles. The second-order valence-corrected chi connectivity index (χ2v) is 4.94. The van der Waals surface area contributed by atoms with Gasteiger partial charge in [-0.15, -0.1) is 0 Å². The standard InChI is InChI=1S/C15H11N4/c1-2-5-12-11(4-1)8-17-10-14-18-7-3-6-16-13(18)9-19(14)15(12)17/h1-7,9-10H,8H2/q+1. The van der Waals surface area contributed by atoms with Crippen LogP contribution in [0.5, 0.6) is 0 Å². The average Bonchev–Trinajstić information content (AvgIpc) is 3.05. The second-order valence-electron chi connectivity index (χ2n) is 4.94. The molecule has 19 heavy (non-hydrogen) atoms. The third kappa shape index (κ3) is 1.04. The van der Waals surface area contributed by atoms with Gasteiger partial charge in [0, 0.05) is 18.0 Å². The molecule has 0 saturated carbocycles. The maximum atomic E-state index is 4.40. The van der Waals surface area contributed by atoms with Gasteiger partial charge in [0.25, 0.3) is 11.5 Å². The molecule has 5 rings (SSSR count). The molecule has 0 radical (unpaired) electrons. The molecule has 1 aromatic carbocycles. The normalized spacial score (nSPS) is 13.1. The van der Waals surface area contributed by atoms with E-state index in [1.54, 1.807) is 0 Å². The van der Waals surface area contributed by atoms with E-state index in [2.05, 4.69) is 61.2 Å². The van der Waals surface area contributed by atoms with Crippen molar-refractivity contribution in [3.05, 3.63) is 60.7 Å². The van der Waals surface area contributed by atoms with Crippen LogP contribution in [0, 0.1) is 0 Å². The van der Waals surface area contributed by atoms with Gasteiger partial charge in [-0.2, -0.15) is 4.40 Å². The maximum absolute atomic E-state index is 4.40. The van der Waals surface area contributed by atoms with Crippen LogP contribution >= 0.6 is 0 Å². The molecule has 1 aliphatic rings. The zero-order valence-electron chi connectivity index (χ0n) is 10.2. The Labute approximate surface area is 109 Å². The van der Waals surface area contributed by atoms with Gasteiger partial charge in [-0.25, -0.2) is 9.55 Å². The van der Waals surface area contributed by atoms with Crippen LogP contribution in [0.25, 0.3) is 22.7 Å². The van der Waals surface area contributed by atoms with Crippen LogP contribution in [0.4, 0.5) is 0 Å². The molecule has 90 valence electrons. The fourth-order valence-corrected chi connectivity index (χ4v) is 3.07. The fourth-order valence-electron chi connectivity index (χ4n) is 3.07. The summed E-state index contributed by atoms with van der Waals surface area (Å²) in [6.07, 6.45) is 8.18. The monoisotopic (exact) mass is 247 g/mol. The average molecular weight is 247 g/mol. The van der Waals surface area contributed by atoms with Crippen LogP contribution < -0.4 is 4.57 Å². The van der Waals surface area contributed by atoms with Gasteiger partial charge in [-0.1, -0.05) is 18.2 Å². The van der Waals surface area contributed by atoms with Gasteiger partial charge in [0.1, 0.15) is 12.7 Å². The topological polar surface area (TPSA) is 25.6 Å². The maximum Gasteiger partial charge on any atom is 0.296 e. The second kappa shape index (κ2) is 3.03. The van der Waals surface area contributed by atoms with E-state index in [-0.39, 0.29) is 0 Å². The van der Waals surface area contributed by atoms with Gasteiger partial charge in [0.2, 0.25) is 0 Å². The van der Waals surface area contributed by atoms with Gasteiger partial charge in [-0.3, -0.25) is 4.40 Å². The summed E-state index contributed by atoms with van der Waals surface area (Å²) in [5.74, 6) is 1.25. The van der Waals surface area contributed by atoms with Gasteiger partial charge in [0.15, 0.2) is 11.8 Å². The quantitative estimate of drug-likeness (QED) is 0.384. The summed E-state index contributed by atoms with van der Waals surface area (Å²) in [6, 6.07) is 10.6. The van der Waals surface area contributed by atoms with Crippen LogP contribution in [0.1, 0.15) is 5.56 Å². The molecule has 3 aromatic heterocycles. The number of benzene rings is 1. The summed E-state index contributed by atoms with van der Waals surface area (Å²) in [7, 11) is 0. The molecule has 4 heteroatoms. The lowest BCUT2D eigenvalue weighted by molar-refractivity contribution is -0.670. The number of fused-ring (bicyclic) bond motifs is 7. The molecule has 4 aromatic rings. The molecule has 0 amide bonds. The largest absolute Gasteiger partial charge is 0.296 e. The predicted molar refractivity (Wildman–Crippen MR) is 70.9 cm³/mol. The molecule has 0 atom stereocenters. The lowest BCUT2D eigenvalue weighted by Gasteiger charge is -1.91. The van der Waals surface area contributed by atoms with Gasteiger partial charge in [0.05, 0.1) is 5.56 Å².